The van der Waals surface area contributed by atoms with Crippen LogP contribution in [0.1, 0.15) is 6.42 Å². The average Bonchev–Trinajstić information content (AvgIpc) is 1.85. The fourth-order valence-electron chi connectivity index (χ4n) is 2.10. The molecule has 0 aromatic heterocycles. The highest BCUT2D eigenvalue weighted by molar-refractivity contribution is 5.85. The summed E-state index contributed by atoms with van der Waals surface area (Å²) in [7, 11) is 0. The second kappa shape index (κ2) is 2.20. The SMILES string of the molecule is O=C1C2C[C@H](CN1C1COC1)N2. The number of hydrogen-bond acceptors (Lipinski definition) is 3. The maximum atomic E-state index is 11.6. The lowest BCUT2D eigenvalue weighted by Crippen LogP contribution is -2.73. The van der Waals surface area contributed by atoms with E-state index < -0.39 is 0 Å². The van der Waals surface area contributed by atoms with Crippen LogP contribution < -0.4 is 5.32 Å². The number of fused-ring (bicyclic) bond motifs is 2. The van der Waals surface area contributed by atoms with Crippen molar-refractivity contribution in [2.75, 3.05) is 19.8 Å². The standard InChI is InChI=1S/C8H12N2O2/c11-8-7-1-5(9-7)2-10(8)6-3-12-4-6/h5-7,9H,1-4H2/t5-,7?/m1/s1. The maximum Gasteiger partial charge on any atom is 0.240 e. The molecule has 0 aromatic rings. The van der Waals surface area contributed by atoms with E-state index in [4.69, 9.17) is 4.74 Å². The molecule has 4 aliphatic heterocycles. The Morgan fingerprint density at radius 1 is 1.50 bits per heavy atom. The lowest BCUT2D eigenvalue weighted by atomic mass is 9.89. The van der Waals surface area contributed by atoms with Crippen molar-refractivity contribution in [3.63, 3.8) is 0 Å². The largest absolute Gasteiger partial charge is 0.377 e. The molecule has 4 nitrogen and oxygen atoms in total. The zero-order valence-corrected chi connectivity index (χ0v) is 6.82. The Bertz CT molecular complexity index is 221. The van der Waals surface area contributed by atoms with E-state index in [9.17, 15) is 4.79 Å². The Balaban J connectivity index is 1.74. The van der Waals surface area contributed by atoms with Crippen LogP contribution in [-0.2, 0) is 9.53 Å². The summed E-state index contributed by atoms with van der Waals surface area (Å²) in [5, 5.41) is 3.23. The number of carbonyl (C=O) groups is 1. The summed E-state index contributed by atoms with van der Waals surface area (Å²) < 4.78 is 5.07. The minimum atomic E-state index is 0.129. The number of ether oxygens (including phenoxy) is 1. The van der Waals surface area contributed by atoms with Crippen LogP contribution in [0.15, 0.2) is 0 Å². The van der Waals surface area contributed by atoms with Crippen molar-refractivity contribution in [2.45, 2.75) is 24.5 Å². The third-order valence-electron chi connectivity index (χ3n) is 3.02. The first-order valence-electron chi connectivity index (χ1n) is 4.49. The number of amides is 1. The second-order valence-electron chi connectivity index (χ2n) is 3.83. The smallest absolute Gasteiger partial charge is 0.240 e. The van der Waals surface area contributed by atoms with E-state index in [-0.39, 0.29) is 11.9 Å². The van der Waals surface area contributed by atoms with Crippen LogP contribution in [0, 0.1) is 0 Å². The average molecular weight is 168 g/mol. The van der Waals surface area contributed by atoms with Gasteiger partial charge in [0.2, 0.25) is 5.91 Å². The number of piperidine rings is 1. The lowest BCUT2D eigenvalue weighted by molar-refractivity contribution is -0.158. The van der Waals surface area contributed by atoms with E-state index in [2.05, 4.69) is 5.32 Å². The Labute approximate surface area is 70.9 Å². The fourth-order valence-corrected chi connectivity index (χ4v) is 2.10. The molecule has 4 heterocycles. The highest BCUT2D eigenvalue weighted by atomic mass is 16.5. The first-order valence-corrected chi connectivity index (χ1v) is 4.49. The lowest BCUT2D eigenvalue weighted by Gasteiger charge is -2.51. The minimum absolute atomic E-state index is 0.129. The predicted molar refractivity (Wildman–Crippen MR) is 41.6 cm³/mol. The van der Waals surface area contributed by atoms with Crippen molar-refractivity contribution in [3.05, 3.63) is 0 Å². The van der Waals surface area contributed by atoms with Gasteiger partial charge in [0.25, 0.3) is 0 Å². The van der Waals surface area contributed by atoms with Gasteiger partial charge in [-0.25, -0.2) is 0 Å². The minimum Gasteiger partial charge on any atom is -0.377 e. The molecule has 0 radical (unpaired) electrons. The summed E-state index contributed by atoms with van der Waals surface area (Å²) in [5.41, 5.74) is 0. The van der Waals surface area contributed by atoms with Gasteiger partial charge in [0.1, 0.15) is 0 Å². The molecule has 66 valence electrons. The maximum absolute atomic E-state index is 11.6. The van der Waals surface area contributed by atoms with Gasteiger partial charge in [-0.15, -0.1) is 0 Å². The van der Waals surface area contributed by atoms with E-state index in [1.165, 1.54) is 0 Å². The van der Waals surface area contributed by atoms with Crippen LogP contribution in [-0.4, -0.2) is 48.7 Å². The van der Waals surface area contributed by atoms with Crippen molar-refractivity contribution in [1.82, 2.24) is 10.2 Å². The number of piperazine rings is 1. The normalized spacial score (nSPS) is 40.7. The zero-order valence-electron chi connectivity index (χ0n) is 6.82. The van der Waals surface area contributed by atoms with Crippen LogP contribution in [0.5, 0.6) is 0 Å². The number of nitrogens with one attached hydrogen (secondary N) is 1. The zero-order chi connectivity index (χ0) is 8.13. The van der Waals surface area contributed by atoms with Crippen LogP contribution in [0.3, 0.4) is 0 Å². The summed E-state index contributed by atoms with van der Waals surface area (Å²) >= 11 is 0. The van der Waals surface area contributed by atoms with Crippen molar-refractivity contribution in [2.24, 2.45) is 0 Å². The van der Waals surface area contributed by atoms with Gasteiger partial charge in [0.05, 0.1) is 25.3 Å². The van der Waals surface area contributed by atoms with E-state index >= 15 is 0 Å². The molecule has 12 heavy (non-hydrogen) atoms. The molecule has 4 saturated heterocycles. The van der Waals surface area contributed by atoms with Gasteiger partial charge < -0.3 is 15.0 Å². The Kier molecular flexibility index (Phi) is 1.26. The van der Waals surface area contributed by atoms with Gasteiger partial charge >= 0.3 is 0 Å². The second-order valence-corrected chi connectivity index (χ2v) is 3.83. The molecule has 1 amide bonds. The van der Waals surface area contributed by atoms with Crippen molar-refractivity contribution < 1.29 is 9.53 Å². The monoisotopic (exact) mass is 168 g/mol. The van der Waals surface area contributed by atoms with E-state index in [1.807, 2.05) is 4.90 Å². The predicted octanol–water partition coefficient (Wildman–Crippen LogP) is -1.04. The summed E-state index contributed by atoms with van der Waals surface area (Å²) in [6, 6.07) is 1.07. The van der Waals surface area contributed by atoms with Crippen LogP contribution in [0.2, 0.25) is 0 Å². The molecule has 4 aliphatic rings. The molecule has 2 atom stereocenters. The van der Waals surface area contributed by atoms with Crippen LogP contribution in [0.25, 0.3) is 0 Å². The third kappa shape index (κ3) is 0.765. The molecule has 0 aliphatic carbocycles. The molecule has 4 rings (SSSR count). The molecule has 1 N–H and O–H groups in total. The first-order chi connectivity index (χ1) is 5.84. The fraction of sp³-hybridized carbons (Fsp3) is 0.875. The summed E-state index contributed by atoms with van der Waals surface area (Å²) in [4.78, 5) is 13.6. The Morgan fingerprint density at radius 3 is 2.75 bits per heavy atom. The van der Waals surface area contributed by atoms with Gasteiger partial charge in [-0.2, -0.15) is 0 Å². The molecule has 4 heteroatoms. The van der Waals surface area contributed by atoms with Crippen LogP contribution in [0.4, 0.5) is 0 Å². The Hall–Kier alpha value is -0.610. The van der Waals surface area contributed by atoms with E-state index in [0.29, 0.717) is 12.1 Å². The van der Waals surface area contributed by atoms with Gasteiger partial charge in [-0.1, -0.05) is 0 Å². The third-order valence-corrected chi connectivity index (χ3v) is 3.02. The van der Waals surface area contributed by atoms with Crippen molar-refractivity contribution in [1.29, 1.82) is 0 Å². The number of carbonyl (C=O) groups excluding carboxylic acids is 1. The van der Waals surface area contributed by atoms with Crippen molar-refractivity contribution >= 4 is 5.91 Å². The highest BCUT2D eigenvalue weighted by Gasteiger charge is 2.46. The van der Waals surface area contributed by atoms with Gasteiger partial charge in [-0.05, 0) is 6.42 Å². The molecular formula is C8H12N2O2. The number of rotatable bonds is 1. The quantitative estimate of drug-likeness (QED) is 0.543. The van der Waals surface area contributed by atoms with Crippen LogP contribution >= 0.6 is 0 Å². The number of nitrogens with zero attached hydrogens (tertiary/aromatic N) is 1. The Morgan fingerprint density at radius 2 is 2.25 bits per heavy atom. The van der Waals surface area contributed by atoms with Crippen molar-refractivity contribution in [3.8, 4) is 0 Å². The van der Waals surface area contributed by atoms with Gasteiger partial charge in [-0.3, -0.25) is 4.79 Å². The summed E-state index contributed by atoms with van der Waals surface area (Å²) in [6.45, 7) is 2.37. The number of hydrogen-bond donors (Lipinski definition) is 1. The molecule has 4 fully saturated rings. The summed E-state index contributed by atoms with van der Waals surface area (Å²) in [6.07, 6.45) is 1.04. The molecule has 0 spiro atoms. The molecule has 0 saturated carbocycles. The summed E-state index contributed by atoms with van der Waals surface area (Å²) in [5.74, 6) is 0.283. The highest BCUT2D eigenvalue weighted by Crippen LogP contribution is 2.25. The topological polar surface area (TPSA) is 41.6 Å². The molecule has 0 aromatic carbocycles. The molecule has 2 bridgehead atoms. The van der Waals surface area contributed by atoms with Gasteiger partial charge in [0, 0.05) is 12.6 Å². The first kappa shape index (κ1) is 6.86. The van der Waals surface area contributed by atoms with E-state index in [0.717, 1.165) is 26.2 Å². The van der Waals surface area contributed by atoms with Gasteiger partial charge in [0.15, 0.2) is 0 Å². The molecular weight excluding hydrogens is 156 g/mol. The molecule has 1 unspecified atom stereocenters. The van der Waals surface area contributed by atoms with E-state index in [1.54, 1.807) is 0 Å².